The molecule has 6 nitrogen and oxygen atoms in total. The number of alkyl halides is 6. The van der Waals surface area contributed by atoms with Crippen LogP contribution in [0, 0.1) is 15.5 Å². The summed E-state index contributed by atoms with van der Waals surface area (Å²) in [5, 5.41) is 12.6. The van der Waals surface area contributed by atoms with Crippen molar-refractivity contribution in [1.29, 1.82) is 0 Å². The van der Waals surface area contributed by atoms with Crippen LogP contribution < -0.4 is 5.32 Å². The number of nitro groups is 1. The molecule has 0 bridgehead atoms. The molecule has 0 aromatic heterocycles. The summed E-state index contributed by atoms with van der Waals surface area (Å²) in [5.41, 5.74) is -1.92. The van der Waals surface area contributed by atoms with E-state index in [1.165, 1.54) is 18.2 Å². The van der Waals surface area contributed by atoms with Crippen LogP contribution in [0.3, 0.4) is 0 Å². The Hall–Kier alpha value is -2.93. The molecule has 1 saturated carbocycles. The van der Waals surface area contributed by atoms with E-state index in [0.29, 0.717) is 0 Å². The predicted octanol–water partition coefficient (Wildman–Crippen LogP) is 7.40. The number of nitrogens with one attached hydrogen (secondary N) is 1. The number of hydrogen-bond donors (Lipinski definition) is 1. The Morgan fingerprint density at radius 3 is 2.32 bits per heavy atom. The van der Waals surface area contributed by atoms with Crippen LogP contribution in [0.15, 0.2) is 46.9 Å². The SMILES string of the molecule is O=C(CC1(C(=O)NCC(F)(F)F)CC1)c1ccc(/C=C/C(c2ccc(Cl)c([N+](=O)[O-])c2)C(F)(F)F)cc1Br. The van der Waals surface area contributed by atoms with Crippen LogP contribution in [0.25, 0.3) is 6.08 Å². The zero-order valence-electron chi connectivity index (χ0n) is 19.1. The average molecular weight is 628 g/mol. The fourth-order valence-electron chi connectivity index (χ4n) is 3.75. The van der Waals surface area contributed by atoms with Crippen molar-refractivity contribution in [3.8, 4) is 0 Å². The normalized spacial score (nSPS) is 15.8. The van der Waals surface area contributed by atoms with E-state index in [1.54, 1.807) is 5.32 Å². The van der Waals surface area contributed by atoms with Gasteiger partial charge in [-0.2, -0.15) is 26.3 Å². The summed E-state index contributed by atoms with van der Waals surface area (Å²) in [6.07, 6.45) is -7.25. The number of benzene rings is 2. The summed E-state index contributed by atoms with van der Waals surface area (Å²) in [6, 6.07) is 6.84. The number of nitrogens with zero attached hydrogens (tertiary/aromatic N) is 1. The van der Waals surface area contributed by atoms with Gasteiger partial charge in [0.2, 0.25) is 5.91 Å². The number of carbonyl (C=O) groups excluding carboxylic acids is 2. The average Bonchev–Trinajstić information content (AvgIpc) is 3.57. The number of carbonyl (C=O) groups is 2. The zero-order chi connectivity index (χ0) is 28.5. The van der Waals surface area contributed by atoms with Crippen LogP contribution in [-0.4, -0.2) is 35.5 Å². The maximum atomic E-state index is 13.7. The van der Waals surface area contributed by atoms with Gasteiger partial charge in [0.05, 0.1) is 16.3 Å². The van der Waals surface area contributed by atoms with Crippen molar-refractivity contribution in [3.63, 3.8) is 0 Å². The number of rotatable bonds is 9. The fourth-order valence-corrected chi connectivity index (χ4v) is 4.55. The highest BCUT2D eigenvalue weighted by Gasteiger charge is 2.51. The number of nitro benzene ring substituents is 1. The third kappa shape index (κ3) is 7.34. The van der Waals surface area contributed by atoms with E-state index in [2.05, 4.69) is 15.9 Å². The van der Waals surface area contributed by atoms with Crippen LogP contribution in [0.1, 0.15) is 46.7 Å². The summed E-state index contributed by atoms with van der Waals surface area (Å²) in [4.78, 5) is 35.1. The molecule has 3 rings (SSSR count). The molecule has 1 amide bonds. The molecular weight excluding hydrogens is 610 g/mol. The molecule has 0 heterocycles. The van der Waals surface area contributed by atoms with Gasteiger partial charge >= 0.3 is 12.4 Å². The van der Waals surface area contributed by atoms with Crippen molar-refractivity contribution >= 4 is 51.0 Å². The van der Waals surface area contributed by atoms with Gasteiger partial charge in [-0.3, -0.25) is 19.7 Å². The molecule has 2 aromatic carbocycles. The Balaban J connectivity index is 1.77. The van der Waals surface area contributed by atoms with Gasteiger partial charge in [-0.25, -0.2) is 0 Å². The second kappa shape index (κ2) is 11.0. The lowest BCUT2D eigenvalue weighted by Gasteiger charge is -2.17. The maximum absolute atomic E-state index is 13.7. The van der Waals surface area contributed by atoms with E-state index in [9.17, 15) is 46.0 Å². The highest BCUT2D eigenvalue weighted by Crippen LogP contribution is 2.50. The minimum atomic E-state index is -4.78. The van der Waals surface area contributed by atoms with Gasteiger partial charge < -0.3 is 5.32 Å². The number of hydrogen-bond acceptors (Lipinski definition) is 4. The van der Waals surface area contributed by atoms with Gasteiger partial charge in [-0.15, -0.1) is 0 Å². The highest BCUT2D eigenvalue weighted by atomic mass is 79.9. The predicted molar refractivity (Wildman–Crippen MR) is 130 cm³/mol. The van der Waals surface area contributed by atoms with Crippen LogP contribution in [0.2, 0.25) is 5.02 Å². The molecular formula is C24H18BrClF6N2O4. The van der Waals surface area contributed by atoms with E-state index >= 15 is 0 Å². The Bertz CT molecular complexity index is 1290. The van der Waals surface area contributed by atoms with E-state index < -0.39 is 58.1 Å². The molecule has 2 aromatic rings. The van der Waals surface area contributed by atoms with Gasteiger partial charge in [0.25, 0.3) is 5.69 Å². The molecule has 1 unspecified atom stereocenters. The molecule has 0 radical (unpaired) electrons. The lowest BCUT2D eigenvalue weighted by molar-refractivity contribution is -0.384. The Labute approximate surface area is 225 Å². The van der Waals surface area contributed by atoms with Crippen molar-refractivity contribution in [3.05, 3.63) is 78.8 Å². The Morgan fingerprint density at radius 2 is 1.79 bits per heavy atom. The summed E-state index contributed by atoms with van der Waals surface area (Å²) in [6.45, 7) is -1.51. The lowest BCUT2D eigenvalue weighted by atomic mass is 9.93. The van der Waals surface area contributed by atoms with E-state index in [-0.39, 0.29) is 39.9 Å². The quantitative estimate of drug-likeness (QED) is 0.136. The minimum absolute atomic E-state index is 0.109. The number of amides is 1. The molecule has 14 heteroatoms. The first kappa shape index (κ1) is 29.6. The van der Waals surface area contributed by atoms with Crippen LogP contribution in [0.5, 0.6) is 0 Å². The second-order valence-corrected chi connectivity index (χ2v) is 10.0. The van der Waals surface area contributed by atoms with Crippen molar-refractivity contribution in [1.82, 2.24) is 5.32 Å². The van der Waals surface area contributed by atoms with Crippen LogP contribution in [-0.2, 0) is 4.79 Å². The lowest BCUT2D eigenvalue weighted by Crippen LogP contribution is -2.39. The molecule has 1 aliphatic carbocycles. The molecule has 0 saturated heterocycles. The highest BCUT2D eigenvalue weighted by molar-refractivity contribution is 9.10. The van der Waals surface area contributed by atoms with Crippen molar-refractivity contribution in [2.45, 2.75) is 37.5 Å². The first-order valence-corrected chi connectivity index (χ1v) is 12.1. The standard InChI is InChI=1S/C24H18BrClF6N2O4/c25-17-9-13(2-5-16(24(30,31)32)14-3-6-18(26)19(10-14)34(37)38)1-4-15(17)20(35)11-22(7-8-22)21(36)33-12-23(27,28)29/h1-6,9-10,16H,7-8,11-12H2,(H,33,36)/b5-2+. The van der Waals surface area contributed by atoms with E-state index in [1.807, 2.05) is 0 Å². The summed E-state index contributed by atoms with van der Waals surface area (Å²) < 4.78 is 78.6. The van der Waals surface area contributed by atoms with Crippen molar-refractivity contribution in [2.24, 2.45) is 5.41 Å². The van der Waals surface area contributed by atoms with Gasteiger partial charge in [-0.05, 0) is 42.2 Å². The number of allylic oxidation sites excluding steroid dienone is 1. The minimum Gasteiger partial charge on any atom is -0.346 e. The summed E-state index contributed by atoms with van der Waals surface area (Å²) >= 11 is 8.87. The maximum Gasteiger partial charge on any atom is 0.405 e. The molecule has 204 valence electrons. The number of ketones is 1. The van der Waals surface area contributed by atoms with Gasteiger partial charge in [0.15, 0.2) is 5.78 Å². The van der Waals surface area contributed by atoms with Gasteiger partial charge in [-0.1, -0.05) is 51.8 Å². The van der Waals surface area contributed by atoms with Crippen molar-refractivity contribution < 1.29 is 40.9 Å². The third-order valence-electron chi connectivity index (χ3n) is 5.94. The summed E-state index contributed by atoms with van der Waals surface area (Å²) in [7, 11) is 0. The van der Waals surface area contributed by atoms with E-state index in [0.717, 1.165) is 30.4 Å². The molecule has 1 atom stereocenters. The van der Waals surface area contributed by atoms with Crippen LogP contribution >= 0.6 is 27.5 Å². The monoisotopic (exact) mass is 626 g/mol. The molecule has 1 fully saturated rings. The smallest absolute Gasteiger partial charge is 0.346 e. The Morgan fingerprint density at radius 1 is 1.13 bits per heavy atom. The third-order valence-corrected chi connectivity index (χ3v) is 6.91. The summed E-state index contributed by atoms with van der Waals surface area (Å²) in [5.74, 6) is -3.57. The largest absolute Gasteiger partial charge is 0.405 e. The fraction of sp³-hybridized carbons (Fsp3) is 0.333. The molecule has 38 heavy (non-hydrogen) atoms. The van der Waals surface area contributed by atoms with Gasteiger partial charge in [0.1, 0.15) is 11.6 Å². The second-order valence-electron chi connectivity index (χ2n) is 8.76. The molecule has 0 aliphatic heterocycles. The van der Waals surface area contributed by atoms with E-state index in [4.69, 9.17) is 11.6 Å². The molecule has 1 aliphatic rings. The van der Waals surface area contributed by atoms with Crippen molar-refractivity contribution in [2.75, 3.05) is 6.54 Å². The first-order chi connectivity index (χ1) is 17.5. The first-order valence-electron chi connectivity index (χ1n) is 10.9. The number of halogens is 8. The topological polar surface area (TPSA) is 89.3 Å². The zero-order valence-corrected chi connectivity index (χ0v) is 21.5. The molecule has 0 spiro atoms. The Kier molecular flexibility index (Phi) is 8.61. The van der Waals surface area contributed by atoms with Gasteiger partial charge in [0, 0.05) is 22.5 Å². The molecule has 1 N–H and O–H groups in total. The number of Topliss-reactive ketones (excluding diaryl/α,β-unsaturated/α-hetero) is 1. The van der Waals surface area contributed by atoms with Crippen LogP contribution in [0.4, 0.5) is 32.0 Å².